The highest BCUT2D eigenvalue weighted by atomic mass is 32.1. The van der Waals surface area contributed by atoms with Crippen molar-refractivity contribution in [1.82, 2.24) is 4.98 Å². The van der Waals surface area contributed by atoms with Gasteiger partial charge in [0.2, 0.25) is 17.7 Å². The molecule has 1 unspecified atom stereocenters. The van der Waals surface area contributed by atoms with Gasteiger partial charge in [-0.3, -0.25) is 19.2 Å². The summed E-state index contributed by atoms with van der Waals surface area (Å²) >= 11 is 1.15. The number of anilines is 2. The van der Waals surface area contributed by atoms with Crippen molar-refractivity contribution in [3.8, 4) is 0 Å². The van der Waals surface area contributed by atoms with Crippen molar-refractivity contribution in [3.63, 3.8) is 0 Å². The van der Waals surface area contributed by atoms with Crippen molar-refractivity contribution in [2.75, 3.05) is 10.6 Å². The number of nitrogens with zero attached hydrogens (tertiary/aromatic N) is 2. The molecular weight excluding hydrogens is 382 g/mol. The summed E-state index contributed by atoms with van der Waals surface area (Å²) in [6.45, 7) is 0. The van der Waals surface area contributed by atoms with Crippen LogP contribution in [0, 0.1) is 5.92 Å². The molecule has 142 valence electrons. The van der Waals surface area contributed by atoms with E-state index in [0.29, 0.717) is 16.9 Å². The van der Waals surface area contributed by atoms with Gasteiger partial charge in [0.25, 0.3) is 5.91 Å². The third kappa shape index (κ3) is 4.74. The minimum atomic E-state index is -0.982. The highest BCUT2D eigenvalue weighted by Gasteiger charge is 2.25. The summed E-state index contributed by atoms with van der Waals surface area (Å²) in [4.78, 5) is 54.6. The molecule has 28 heavy (non-hydrogen) atoms. The molecule has 2 aromatic rings. The van der Waals surface area contributed by atoms with Crippen LogP contribution in [0.4, 0.5) is 10.8 Å². The molecule has 0 saturated heterocycles. The third-order valence-electron chi connectivity index (χ3n) is 3.72. The molecule has 1 aromatic heterocycles. The lowest BCUT2D eigenvalue weighted by Gasteiger charge is -2.09. The van der Waals surface area contributed by atoms with Crippen molar-refractivity contribution < 1.29 is 19.2 Å². The molecule has 10 heteroatoms. The van der Waals surface area contributed by atoms with E-state index in [9.17, 15) is 19.2 Å². The van der Waals surface area contributed by atoms with Crippen LogP contribution in [0.25, 0.3) is 0 Å². The number of hydrogen-bond acceptors (Lipinski definition) is 6. The van der Waals surface area contributed by atoms with Crippen LogP contribution in [0.2, 0.25) is 0 Å². The highest BCUT2D eigenvalue weighted by molar-refractivity contribution is 7.14. The average Bonchev–Trinajstić information content (AvgIpc) is 3.09. The minimum Gasteiger partial charge on any atom is -0.366 e. The zero-order chi connectivity index (χ0) is 20.1. The van der Waals surface area contributed by atoms with Crippen LogP contribution in [0.1, 0.15) is 16.1 Å². The van der Waals surface area contributed by atoms with Gasteiger partial charge in [0, 0.05) is 22.8 Å². The molecule has 0 radical (unpaired) electrons. The Balaban J connectivity index is 1.55. The third-order valence-corrected chi connectivity index (χ3v) is 4.52. The van der Waals surface area contributed by atoms with Crippen LogP contribution in [0.3, 0.4) is 0 Å². The van der Waals surface area contributed by atoms with Gasteiger partial charge in [-0.05, 0) is 30.3 Å². The standard InChI is InChI=1S/C18H15N5O4S/c19-15(25)10-3-5-11(6-4-10)21-14(24)8-12-9-28-18(22-12)23-17(27)13-2-1-7-20-16(13)26/h1-7,9,13H,8H2,(H2,19,25)(H,21,24)(H,22,23,27). The smallest absolute Gasteiger partial charge is 0.262 e. The van der Waals surface area contributed by atoms with Gasteiger partial charge in [-0.2, -0.15) is 0 Å². The minimum absolute atomic E-state index is 0.00348. The highest BCUT2D eigenvalue weighted by Crippen LogP contribution is 2.18. The number of carbonyl (C=O) groups excluding carboxylic acids is 4. The summed E-state index contributed by atoms with van der Waals surface area (Å²) in [6, 6.07) is 6.17. The van der Waals surface area contributed by atoms with Gasteiger partial charge in [0.15, 0.2) is 5.13 Å². The van der Waals surface area contributed by atoms with E-state index in [1.165, 1.54) is 30.5 Å². The van der Waals surface area contributed by atoms with Crippen LogP contribution < -0.4 is 16.4 Å². The summed E-state index contributed by atoms with van der Waals surface area (Å²) in [5.74, 6) is -2.91. The Kier molecular flexibility index (Phi) is 5.70. The van der Waals surface area contributed by atoms with Crippen molar-refractivity contribution in [3.05, 3.63) is 53.1 Å². The first-order valence-corrected chi connectivity index (χ1v) is 9.00. The van der Waals surface area contributed by atoms with Gasteiger partial charge in [-0.15, -0.1) is 11.3 Å². The molecule has 1 aliphatic rings. The quantitative estimate of drug-likeness (QED) is 0.626. The molecule has 0 saturated carbocycles. The molecular formula is C18H15N5O4S. The van der Waals surface area contributed by atoms with Gasteiger partial charge in [0.1, 0.15) is 5.92 Å². The molecule has 0 aliphatic carbocycles. The molecule has 0 fully saturated rings. The van der Waals surface area contributed by atoms with E-state index in [1.807, 2.05) is 0 Å². The Morgan fingerprint density at radius 3 is 2.57 bits per heavy atom. The molecule has 4 amide bonds. The largest absolute Gasteiger partial charge is 0.366 e. The van der Waals surface area contributed by atoms with Gasteiger partial charge in [-0.1, -0.05) is 6.08 Å². The monoisotopic (exact) mass is 397 g/mol. The number of aromatic nitrogens is 1. The Labute approximate surface area is 163 Å². The van der Waals surface area contributed by atoms with Crippen molar-refractivity contribution in [2.24, 2.45) is 16.6 Å². The Hall–Kier alpha value is -3.66. The van der Waals surface area contributed by atoms with Crippen molar-refractivity contribution in [2.45, 2.75) is 6.42 Å². The number of aliphatic imine (C=N–C) groups is 1. The molecule has 1 aromatic carbocycles. The maximum Gasteiger partial charge on any atom is 0.262 e. The number of nitrogens with two attached hydrogens (primary N) is 1. The Morgan fingerprint density at radius 1 is 1.14 bits per heavy atom. The van der Waals surface area contributed by atoms with E-state index in [1.54, 1.807) is 17.5 Å². The molecule has 1 aliphatic heterocycles. The van der Waals surface area contributed by atoms with Crippen molar-refractivity contribution >= 4 is 52.0 Å². The predicted octanol–water partition coefficient (Wildman–Crippen LogP) is 1.15. The molecule has 3 rings (SSSR count). The molecule has 2 heterocycles. The fourth-order valence-electron chi connectivity index (χ4n) is 2.36. The van der Waals surface area contributed by atoms with E-state index >= 15 is 0 Å². The number of amides is 4. The number of hydrogen-bond donors (Lipinski definition) is 3. The van der Waals surface area contributed by atoms with Crippen LogP contribution in [-0.2, 0) is 20.8 Å². The number of carbonyl (C=O) groups is 4. The number of thiazole rings is 1. The maximum atomic E-state index is 12.1. The predicted molar refractivity (Wildman–Crippen MR) is 104 cm³/mol. The average molecular weight is 397 g/mol. The molecule has 9 nitrogen and oxygen atoms in total. The first-order valence-electron chi connectivity index (χ1n) is 8.12. The van der Waals surface area contributed by atoms with E-state index in [0.717, 1.165) is 11.3 Å². The first kappa shape index (κ1) is 19.1. The van der Waals surface area contributed by atoms with Gasteiger partial charge < -0.3 is 16.4 Å². The maximum absolute atomic E-state index is 12.1. The number of rotatable bonds is 6. The fourth-order valence-corrected chi connectivity index (χ4v) is 3.07. The number of nitrogens with one attached hydrogen (secondary N) is 2. The van der Waals surface area contributed by atoms with Crippen LogP contribution in [0.15, 0.2) is 46.8 Å². The zero-order valence-corrected chi connectivity index (χ0v) is 15.2. The molecule has 0 bridgehead atoms. The second-order valence-corrected chi connectivity index (χ2v) is 6.64. The van der Waals surface area contributed by atoms with Crippen molar-refractivity contribution in [1.29, 1.82) is 0 Å². The number of allylic oxidation sites excluding steroid dienone is 1. The van der Waals surface area contributed by atoms with Crippen LogP contribution in [-0.4, -0.2) is 34.8 Å². The lowest BCUT2D eigenvalue weighted by molar-refractivity contribution is -0.128. The van der Waals surface area contributed by atoms with Gasteiger partial charge in [0.05, 0.1) is 12.1 Å². The van der Waals surface area contributed by atoms with E-state index in [4.69, 9.17) is 5.73 Å². The topological polar surface area (TPSA) is 144 Å². The summed E-state index contributed by atoms with van der Waals surface area (Å²) in [6.07, 6.45) is 4.31. The molecule has 4 N–H and O–H groups in total. The van der Waals surface area contributed by atoms with Gasteiger partial charge in [-0.25, -0.2) is 9.98 Å². The zero-order valence-electron chi connectivity index (χ0n) is 14.4. The second-order valence-electron chi connectivity index (χ2n) is 5.78. The van der Waals surface area contributed by atoms with Gasteiger partial charge >= 0.3 is 0 Å². The Bertz CT molecular complexity index is 994. The summed E-state index contributed by atoms with van der Waals surface area (Å²) < 4.78 is 0. The summed E-state index contributed by atoms with van der Waals surface area (Å²) in [5.41, 5.74) is 6.49. The van der Waals surface area contributed by atoms with Crippen LogP contribution >= 0.6 is 11.3 Å². The normalized spacial score (nSPS) is 15.3. The lowest BCUT2D eigenvalue weighted by Crippen LogP contribution is -2.28. The first-order chi connectivity index (χ1) is 13.4. The van der Waals surface area contributed by atoms with Crippen LogP contribution in [0.5, 0.6) is 0 Å². The van der Waals surface area contributed by atoms with E-state index < -0.39 is 23.6 Å². The number of primary amides is 1. The number of benzene rings is 1. The fraction of sp³-hybridized carbons (Fsp3) is 0.111. The van der Waals surface area contributed by atoms with E-state index in [2.05, 4.69) is 20.6 Å². The Morgan fingerprint density at radius 2 is 1.89 bits per heavy atom. The molecule has 1 atom stereocenters. The summed E-state index contributed by atoms with van der Waals surface area (Å²) in [7, 11) is 0. The summed E-state index contributed by atoms with van der Waals surface area (Å²) in [5, 5.41) is 7.16. The molecule has 0 spiro atoms. The SMILES string of the molecule is NC(=O)c1ccc(NC(=O)Cc2csc(NC(=O)C3C=CC=NC3=O)n2)cc1. The number of dihydropyridines is 1. The second kappa shape index (κ2) is 8.35. The lowest BCUT2D eigenvalue weighted by atomic mass is 10.1. The van der Waals surface area contributed by atoms with E-state index in [-0.39, 0.29) is 17.5 Å².